The number of hydrogen-bond donors (Lipinski definition) is 1. The molecule has 0 saturated carbocycles. The molecule has 1 aliphatic rings. The van der Waals surface area contributed by atoms with Crippen molar-refractivity contribution in [3.63, 3.8) is 0 Å². The molecule has 3 rings (SSSR count). The second-order valence-corrected chi connectivity index (χ2v) is 4.45. The highest BCUT2D eigenvalue weighted by atomic mass is 32.1. The topological polar surface area (TPSA) is 47.0 Å². The van der Waals surface area contributed by atoms with Gasteiger partial charge in [-0.25, -0.2) is 9.97 Å². The molecule has 1 fully saturated rings. The van der Waals surface area contributed by atoms with Gasteiger partial charge in [0.05, 0.1) is 5.39 Å². The summed E-state index contributed by atoms with van der Waals surface area (Å²) in [5, 5.41) is 6.30. The minimum Gasteiger partial charge on any atom is -0.472 e. The van der Waals surface area contributed by atoms with Gasteiger partial charge in [0.25, 0.3) is 0 Å². The number of thiophene rings is 1. The molecule has 0 radical (unpaired) electrons. The Morgan fingerprint density at radius 2 is 2.47 bits per heavy atom. The van der Waals surface area contributed by atoms with Gasteiger partial charge in [-0.15, -0.1) is 11.3 Å². The first-order valence-electron chi connectivity index (χ1n) is 4.99. The predicted octanol–water partition coefficient (Wildman–Crippen LogP) is 1.43. The molecular formula is C10H11N3OS. The molecule has 15 heavy (non-hydrogen) atoms. The fraction of sp³-hybridized carbons (Fsp3) is 0.400. The Labute approximate surface area is 91.3 Å². The van der Waals surface area contributed by atoms with Crippen molar-refractivity contribution in [2.75, 3.05) is 13.1 Å². The van der Waals surface area contributed by atoms with Crippen LogP contribution in [0.1, 0.15) is 6.42 Å². The summed E-state index contributed by atoms with van der Waals surface area (Å²) in [6.45, 7) is 1.94. The summed E-state index contributed by atoms with van der Waals surface area (Å²) in [4.78, 5) is 9.37. The van der Waals surface area contributed by atoms with Crippen molar-refractivity contribution in [2.24, 2.45) is 0 Å². The fourth-order valence-electron chi connectivity index (χ4n) is 1.75. The second-order valence-electron chi connectivity index (χ2n) is 3.55. The molecule has 2 aromatic heterocycles. The molecule has 0 bridgehead atoms. The average Bonchev–Trinajstić information content (AvgIpc) is 2.87. The van der Waals surface area contributed by atoms with Crippen LogP contribution < -0.4 is 10.1 Å². The number of fused-ring (bicyclic) bond motifs is 1. The lowest BCUT2D eigenvalue weighted by Gasteiger charge is -2.11. The van der Waals surface area contributed by atoms with Gasteiger partial charge in [-0.1, -0.05) is 0 Å². The third-order valence-corrected chi connectivity index (χ3v) is 3.34. The Bertz CT molecular complexity index is 464. The molecule has 1 saturated heterocycles. The Morgan fingerprint density at radius 1 is 1.47 bits per heavy atom. The second kappa shape index (κ2) is 3.75. The first-order chi connectivity index (χ1) is 7.43. The highest BCUT2D eigenvalue weighted by molar-refractivity contribution is 7.16. The van der Waals surface area contributed by atoms with Crippen molar-refractivity contribution in [1.29, 1.82) is 0 Å². The van der Waals surface area contributed by atoms with Crippen molar-refractivity contribution in [2.45, 2.75) is 12.5 Å². The first-order valence-corrected chi connectivity index (χ1v) is 5.87. The van der Waals surface area contributed by atoms with Gasteiger partial charge >= 0.3 is 0 Å². The smallest absolute Gasteiger partial charge is 0.225 e. The van der Waals surface area contributed by atoms with Crippen molar-refractivity contribution >= 4 is 21.6 Å². The summed E-state index contributed by atoms with van der Waals surface area (Å²) < 4.78 is 5.84. The lowest BCUT2D eigenvalue weighted by molar-refractivity contribution is 0.217. The van der Waals surface area contributed by atoms with E-state index in [4.69, 9.17) is 4.74 Å². The SMILES string of the molecule is c1nc(OC2CCNC2)c2ccsc2n1. The molecule has 5 heteroatoms. The molecule has 1 N–H and O–H groups in total. The van der Waals surface area contributed by atoms with Gasteiger partial charge in [-0.2, -0.15) is 0 Å². The Morgan fingerprint density at radius 3 is 3.33 bits per heavy atom. The fourth-order valence-corrected chi connectivity index (χ4v) is 2.47. The zero-order chi connectivity index (χ0) is 10.1. The van der Waals surface area contributed by atoms with E-state index in [1.807, 2.05) is 11.4 Å². The summed E-state index contributed by atoms with van der Waals surface area (Å²) in [5.74, 6) is 0.718. The molecule has 2 aromatic rings. The van der Waals surface area contributed by atoms with Gasteiger partial charge in [0.2, 0.25) is 5.88 Å². The van der Waals surface area contributed by atoms with Crippen LogP contribution in [0.2, 0.25) is 0 Å². The quantitative estimate of drug-likeness (QED) is 0.833. The number of ether oxygens (including phenoxy) is 1. The highest BCUT2D eigenvalue weighted by Gasteiger charge is 2.17. The standard InChI is InChI=1S/C10H11N3OS/c1-3-11-5-7(1)14-9-8-2-4-15-10(8)13-6-12-9/h2,4,6-7,11H,1,3,5H2. The van der Waals surface area contributed by atoms with Crippen LogP contribution in [0.4, 0.5) is 0 Å². The maximum absolute atomic E-state index is 5.84. The van der Waals surface area contributed by atoms with Gasteiger partial charge in [-0.05, 0) is 24.4 Å². The largest absolute Gasteiger partial charge is 0.472 e. The lowest BCUT2D eigenvalue weighted by atomic mass is 10.3. The third-order valence-electron chi connectivity index (χ3n) is 2.52. The molecule has 0 aliphatic carbocycles. The van der Waals surface area contributed by atoms with Crippen LogP contribution in [0.15, 0.2) is 17.8 Å². The minimum atomic E-state index is 0.253. The third kappa shape index (κ3) is 1.68. The molecule has 4 nitrogen and oxygen atoms in total. The van der Waals surface area contributed by atoms with Gasteiger partial charge in [-0.3, -0.25) is 0 Å². The van der Waals surface area contributed by atoms with Crippen LogP contribution >= 0.6 is 11.3 Å². The van der Waals surface area contributed by atoms with E-state index in [-0.39, 0.29) is 6.10 Å². The van der Waals surface area contributed by atoms with E-state index in [0.717, 1.165) is 35.6 Å². The molecular weight excluding hydrogens is 210 g/mol. The van der Waals surface area contributed by atoms with Crippen LogP contribution in [0.5, 0.6) is 5.88 Å². The van der Waals surface area contributed by atoms with Crippen molar-refractivity contribution < 1.29 is 4.74 Å². The maximum Gasteiger partial charge on any atom is 0.225 e. The average molecular weight is 221 g/mol. The van der Waals surface area contributed by atoms with Crippen molar-refractivity contribution in [3.05, 3.63) is 17.8 Å². The Balaban J connectivity index is 1.92. The summed E-state index contributed by atoms with van der Waals surface area (Å²) in [5.41, 5.74) is 0. The van der Waals surface area contributed by atoms with Crippen LogP contribution in [0, 0.1) is 0 Å². The van der Waals surface area contributed by atoms with Gasteiger partial charge in [0.1, 0.15) is 17.3 Å². The number of aromatic nitrogens is 2. The van der Waals surface area contributed by atoms with Crippen molar-refractivity contribution in [1.82, 2.24) is 15.3 Å². The number of nitrogens with zero attached hydrogens (tertiary/aromatic N) is 2. The number of hydrogen-bond acceptors (Lipinski definition) is 5. The highest BCUT2D eigenvalue weighted by Crippen LogP contribution is 2.26. The molecule has 1 aliphatic heterocycles. The van der Waals surface area contributed by atoms with Crippen LogP contribution in [-0.4, -0.2) is 29.2 Å². The molecule has 0 aromatic carbocycles. The number of rotatable bonds is 2. The summed E-state index contributed by atoms with van der Waals surface area (Å²) in [7, 11) is 0. The summed E-state index contributed by atoms with van der Waals surface area (Å²) >= 11 is 1.61. The molecule has 1 unspecified atom stereocenters. The lowest BCUT2D eigenvalue weighted by Crippen LogP contribution is -2.20. The van der Waals surface area contributed by atoms with E-state index in [1.165, 1.54) is 0 Å². The normalized spacial score (nSPS) is 20.9. The zero-order valence-corrected chi connectivity index (χ0v) is 8.96. The van der Waals surface area contributed by atoms with E-state index in [2.05, 4.69) is 15.3 Å². The Kier molecular flexibility index (Phi) is 2.26. The molecule has 1 atom stereocenters. The van der Waals surface area contributed by atoms with Gasteiger partial charge in [0, 0.05) is 6.54 Å². The number of nitrogens with one attached hydrogen (secondary N) is 1. The van der Waals surface area contributed by atoms with E-state index in [0.29, 0.717) is 0 Å². The van der Waals surface area contributed by atoms with E-state index >= 15 is 0 Å². The van der Waals surface area contributed by atoms with Crippen LogP contribution in [0.3, 0.4) is 0 Å². The van der Waals surface area contributed by atoms with E-state index in [1.54, 1.807) is 17.7 Å². The first kappa shape index (κ1) is 9.06. The molecule has 78 valence electrons. The zero-order valence-electron chi connectivity index (χ0n) is 8.14. The van der Waals surface area contributed by atoms with Gasteiger partial charge in [0.15, 0.2) is 0 Å². The molecule has 0 amide bonds. The summed E-state index contributed by atoms with van der Waals surface area (Å²) in [6.07, 6.45) is 2.87. The maximum atomic E-state index is 5.84. The monoisotopic (exact) mass is 221 g/mol. The minimum absolute atomic E-state index is 0.253. The summed E-state index contributed by atoms with van der Waals surface area (Å²) in [6, 6.07) is 2.01. The molecule has 0 spiro atoms. The van der Waals surface area contributed by atoms with Crippen LogP contribution in [-0.2, 0) is 0 Å². The van der Waals surface area contributed by atoms with Gasteiger partial charge < -0.3 is 10.1 Å². The predicted molar refractivity (Wildman–Crippen MR) is 59.3 cm³/mol. The van der Waals surface area contributed by atoms with Crippen LogP contribution in [0.25, 0.3) is 10.2 Å². The Hall–Kier alpha value is -1.20. The van der Waals surface area contributed by atoms with E-state index in [9.17, 15) is 0 Å². The van der Waals surface area contributed by atoms with E-state index < -0.39 is 0 Å². The molecule has 3 heterocycles. The van der Waals surface area contributed by atoms with Crippen molar-refractivity contribution in [3.8, 4) is 5.88 Å².